The molecule has 2 nitrogen and oxygen atoms in total. The van der Waals surface area contributed by atoms with Gasteiger partial charge < -0.3 is 9.47 Å². The van der Waals surface area contributed by atoms with Crippen LogP contribution in [0.2, 0.25) is 0 Å². The molecule has 10 aromatic carbocycles. The molecule has 0 amide bonds. The van der Waals surface area contributed by atoms with Crippen molar-refractivity contribution in [3.05, 3.63) is 243 Å². The summed E-state index contributed by atoms with van der Waals surface area (Å²) in [5.74, 6) is 0. The molecule has 12 rings (SSSR count). The van der Waals surface area contributed by atoms with Gasteiger partial charge in [-0.25, -0.2) is 0 Å². The molecule has 0 N–H and O–H groups in total. The fourth-order valence-electron chi connectivity index (χ4n) is 9.62. The molecule has 0 aliphatic heterocycles. The van der Waals surface area contributed by atoms with Crippen molar-refractivity contribution < 1.29 is 0 Å². The van der Waals surface area contributed by atoms with Crippen LogP contribution in [-0.2, 0) is 0 Å². The molecule has 0 saturated heterocycles. The van der Waals surface area contributed by atoms with Crippen molar-refractivity contribution in [3.63, 3.8) is 0 Å². The second-order valence-electron chi connectivity index (χ2n) is 16.0. The Hall–Kier alpha value is -7.98. The molecule has 0 saturated carbocycles. The highest BCUT2D eigenvalue weighted by Crippen LogP contribution is 2.47. The number of para-hydroxylation sites is 3. The van der Waals surface area contributed by atoms with Gasteiger partial charge in [-0.1, -0.05) is 182 Å². The Labute approximate surface area is 370 Å². The van der Waals surface area contributed by atoms with E-state index < -0.39 is 0 Å². The lowest BCUT2D eigenvalue weighted by Gasteiger charge is -2.29. The molecule has 296 valence electrons. The van der Waals surface area contributed by atoms with Gasteiger partial charge in [-0.3, -0.25) is 0 Å². The second kappa shape index (κ2) is 15.5. The molecule has 0 spiro atoms. The van der Waals surface area contributed by atoms with Gasteiger partial charge in [-0.2, -0.15) is 0 Å². The minimum absolute atomic E-state index is 1.08. The summed E-state index contributed by atoms with van der Waals surface area (Å²) in [6.07, 6.45) is 0. The average Bonchev–Trinajstić information content (AvgIpc) is 3.91. The molecule has 3 heteroatoms. The standard InChI is InChI=1S/C60H40N2S/c1-3-18-41(19-4-1)46-22-7-8-23-48(46)49-24-9-10-25-50(49)51-26-11-14-30-55(51)61(44-36-34-42(35-37-44)47-29-17-33-59-60(47)54-28-13-16-32-58(54)63-59)45-38-39-53-52-27-12-15-31-56(52)62(57(53)40-45)43-20-5-2-6-21-43/h1-40H. The Kier molecular flexibility index (Phi) is 9.06. The van der Waals surface area contributed by atoms with Crippen molar-refractivity contribution >= 4 is 70.4 Å². The van der Waals surface area contributed by atoms with Crippen LogP contribution in [0, 0.1) is 0 Å². The van der Waals surface area contributed by atoms with Gasteiger partial charge in [-0.15, -0.1) is 11.3 Å². The first kappa shape index (κ1) is 36.8. The number of thiophene rings is 1. The van der Waals surface area contributed by atoms with Gasteiger partial charge in [0, 0.05) is 53.6 Å². The van der Waals surface area contributed by atoms with E-state index in [0.717, 1.165) is 33.8 Å². The number of aromatic nitrogens is 1. The molecule has 0 unspecified atom stereocenters. The van der Waals surface area contributed by atoms with Gasteiger partial charge >= 0.3 is 0 Å². The molecule has 0 aliphatic rings. The molecule has 0 radical (unpaired) electrons. The van der Waals surface area contributed by atoms with Crippen LogP contribution in [0.25, 0.3) is 92.2 Å². The predicted molar refractivity (Wildman–Crippen MR) is 270 cm³/mol. The van der Waals surface area contributed by atoms with Crippen molar-refractivity contribution in [2.45, 2.75) is 0 Å². The van der Waals surface area contributed by atoms with E-state index in [1.807, 2.05) is 11.3 Å². The van der Waals surface area contributed by atoms with Crippen molar-refractivity contribution in [2.75, 3.05) is 4.90 Å². The summed E-state index contributed by atoms with van der Waals surface area (Å²) >= 11 is 1.86. The first-order valence-corrected chi connectivity index (χ1v) is 22.3. The number of rotatable bonds is 8. The van der Waals surface area contributed by atoms with E-state index in [-0.39, 0.29) is 0 Å². The van der Waals surface area contributed by atoms with Crippen molar-refractivity contribution in [1.29, 1.82) is 0 Å². The molecule has 0 bridgehead atoms. The van der Waals surface area contributed by atoms with E-state index in [1.165, 1.54) is 75.4 Å². The first-order valence-electron chi connectivity index (χ1n) is 21.5. The average molecular weight is 821 g/mol. The number of nitrogens with zero attached hydrogens (tertiary/aromatic N) is 2. The molecular weight excluding hydrogens is 781 g/mol. The van der Waals surface area contributed by atoms with Crippen LogP contribution in [0.3, 0.4) is 0 Å². The maximum absolute atomic E-state index is 2.45. The highest BCUT2D eigenvalue weighted by atomic mass is 32.1. The molecule has 0 aliphatic carbocycles. The summed E-state index contributed by atoms with van der Waals surface area (Å²) < 4.78 is 5.03. The normalized spacial score (nSPS) is 11.5. The number of anilines is 3. The number of hydrogen-bond donors (Lipinski definition) is 0. The SMILES string of the molecule is c1ccc(-c2ccccc2-c2ccccc2-c2ccccc2N(c2ccc(-c3cccc4sc5ccccc5c34)cc2)c2ccc3c4ccccc4n(-c4ccccc4)c3c2)cc1. The Balaban J connectivity index is 1.08. The number of benzene rings is 10. The quantitative estimate of drug-likeness (QED) is 0.148. The summed E-state index contributed by atoms with van der Waals surface area (Å²) in [6, 6.07) is 88.4. The zero-order valence-electron chi connectivity index (χ0n) is 34.4. The van der Waals surface area contributed by atoms with E-state index in [9.17, 15) is 0 Å². The monoisotopic (exact) mass is 820 g/mol. The third-order valence-corrected chi connectivity index (χ3v) is 13.6. The molecule has 0 fully saturated rings. The number of hydrogen-bond acceptors (Lipinski definition) is 2. The van der Waals surface area contributed by atoms with Crippen LogP contribution in [0.5, 0.6) is 0 Å². The Morgan fingerprint density at radius 1 is 0.317 bits per heavy atom. The molecule has 12 aromatic rings. The highest BCUT2D eigenvalue weighted by Gasteiger charge is 2.22. The zero-order chi connectivity index (χ0) is 41.7. The van der Waals surface area contributed by atoms with Gasteiger partial charge in [0.2, 0.25) is 0 Å². The smallest absolute Gasteiger partial charge is 0.0561 e. The lowest BCUT2D eigenvalue weighted by atomic mass is 9.88. The van der Waals surface area contributed by atoms with Gasteiger partial charge in [0.15, 0.2) is 0 Å². The van der Waals surface area contributed by atoms with Crippen LogP contribution >= 0.6 is 11.3 Å². The van der Waals surface area contributed by atoms with Gasteiger partial charge in [-0.05, 0) is 99.6 Å². The maximum Gasteiger partial charge on any atom is 0.0561 e. The minimum atomic E-state index is 1.08. The van der Waals surface area contributed by atoms with Gasteiger partial charge in [0.1, 0.15) is 0 Å². The third-order valence-electron chi connectivity index (χ3n) is 12.4. The zero-order valence-corrected chi connectivity index (χ0v) is 35.2. The summed E-state index contributed by atoms with van der Waals surface area (Å²) in [6.45, 7) is 0. The molecule has 63 heavy (non-hydrogen) atoms. The van der Waals surface area contributed by atoms with Crippen molar-refractivity contribution in [1.82, 2.24) is 4.57 Å². The Morgan fingerprint density at radius 2 is 0.841 bits per heavy atom. The lowest BCUT2D eigenvalue weighted by Crippen LogP contribution is -2.11. The van der Waals surface area contributed by atoms with Gasteiger partial charge in [0.05, 0.1) is 16.7 Å². The molecular formula is C60H40N2S. The van der Waals surface area contributed by atoms with Crippen LogP contribution in [-0.4, -0.2) is 4.57 Å². The Bertz CT molecular complexity index is 3620. The summed E-state index contributed by atoms with van der Waals surface area (Å²) in [4.78, 5) is 2.45. The second-order valence-corrected chi connectivity index (χ2v) is 17.1. The largest absolute Gasteiger partial charge is 0.310 e. The van der Waals surface area contributed by atoms with Crippen molar-refractivity contribution in [2.24, 2.45) is 0 Å². The van der Waals surface area contributed by atoms with E-state index in [2.05, 4.69) is 252 Å². The van der Waals surface area contributed by atoms with Crippen molar-refractivity contribution in [3.8, 4) is 50.2 Å². The van der Waals surface area contributed by atoms with Crippen LogP contribution in [0.1, 0.15) is 0 Å². The maximum atomic E-state index is 2.45. The van der Waals surface area contributed by atoms with E-state index in [1.54, 1.807) is 0 Å². The first-order chi connectivity index (χ1) is 31.3. The summed E-state index contributed by atoms with van der Waals surface area (Å²) in [5, 5.41) is 5.09. The fraction of sp³-hybridized carbons (Fsp3) is 0. The fourth-order valence-corrected chi connectivity index (χ4v) is 10.8. The van der Waals surface area contributed by atoms with Crippen LogP contribution in [0.4, 0.5) is 17.1 Å². The topological polar surface area (TPSA) is 8.17 Å². The highest BCUT2D eigenvalue weighted by molar-refractivity contribution is 7.25. The molecule has 2 heterocycles. The molecule has 0 atom stereocenters. The summed E-state index contributed by atoms with van der Waals surface area (Å²) in [7, 11) is 0. The summed E-state index contributed by atoms with van der Waals surface area (Å²) in [5.41, 5.74) is 16.3. The lowest BCUT2D eigenvalue weighted by molar-refractivity contribution is 1.18. The van der Waals surface area contributed by atoms with E-state index >= 15 is 0 Å². The third kappa shape index (κ3) is 6.33. The van der Waals surface area contributed by atoms with Crippen LogP contribution < -0.4 is 4.90 Å². The molecule has 2 aromatic heterocycles. The van der Waals surface area contributed by atoms with E-state index in [0.29, 0.717) is 0 Å². The Morgan fingerprint density at radius 3 is 1.62 bits per heavy atom. The minimum Gasteiger partial charge on any atom is -0.310 e. The van der Waals surface area contributed by atoms with Crippen LogP contribution in [0.15, 0.2) is 243 Å². The van der Waals surface area contributed by atoms with E-state index in [4.69, 9.17) is 0 Å². The van der Waals surface area contributed by atoms with Gasteiger partial charge in [0.25, 0.3) is 0 Å². The number of fused-ring (bicyclic) bond motifs is 6. The predicted octanol–water partition coefficient (Wildman–Crippen LogP) is 17.3.